The first kappa shape index (κ1) is 17.3. The van der Waals surface area contributed by atoms with E-state index in [4.69, 9.17) is 9.26 Å². The minimum absolute atomic E-state index is 0.0390. The number of aryl methyl sites for hydroxylation is 1. The fraction of sp³-hybridized carbons (Fsp3) is 0.444. The van der Waals surface area contributed by atoms with Crippen molar-refractivity contribution in [2.24, 2.45) is 0 Å². The zero-order valence-corrected chi connectivity index (χ0v) is 14.7. The van der Waals surface area contributed by atoms with Crippen LogP contribution in [-0.4, -0.2) is 54.3 Å². The summed E-state index contributed by atoms with van der Waals surface area (Å²) in [6.45, 7) is 6.17. The number of carbonyl (C=O) groups is 1. The third-order valence-electron chi connectivity index (χ3n) is 4.34. The minimum atomic E-state index is -0.0390. The number of piperazine rings is 1. The van der Waals surface area contributed by atoms with E-state index < -0.39 is 0 Å². The molecule has 3 rings (SSSR count). The Balaban J connectivity index is 1.45. The molecule has 1 saturated heterocycles. The van der Waals surface area contributed by atoms with Gasteiger partial charge in [-0.15, -0.1) is 0 Å². The number of benzene rings is 1. The molecule has 0 atom stereocenters. The molecule has 0 spiro atoms. The number of rotatable bonds is 5. The van der Waals surface area contributed by atoms with E-state index in [0.29, 0.717) is 19.6 Å². The van der Waals surface area contributed by atoms with E-state index in [1.54, 1.807) is 7.11 Å². The van der Waals surface area contributed by atoms with E-state index in [1.807, 2.05) is 42.2 Å². The van der Waals surface area contributed by atoms with Crippen LogP contribution >= 0.6 is 0 Å². The van der Waals surface area contributed by atoms with Gasteiger partial charge in [0.1, 0.15) is 11.5 Å². The topological polar surface area (TPSA) is 70.8 Å². The second kappa shape index (κ2) is 8.02. The van der Waals surface area contributed by atoms with E-state index in [1.165, 1.54) is 0 Å². The van der Waals surface area contributed by atoms with Gasteiger partial charge in [0, 0.05) is 50.9 Å². The van der Waals surface area contributed by atoms with Gasteiger partial charge in [-0.2, -0.15) is 0 Å². The lowest BCUT2D eigenvalue weighted by Gasteiger charge is -2.34. The standard InChI is InChI=1S/C18H24N4O3/c1-14-11-16(20-25-14)13-21-7-9-22(10-8-21)18(23)19-12-15-5-3-4-6-17(15)24-2/h3-6,11H,7-10,12-13H2,1-2H3,(H,19,23). The summed E-state index contributed by atoms with van der Waals surface area (Å²) in [7, 11) is 1.64. The summed E-state index contributed by atoms with van der Waals surface area (Å²) in [5.41, 5.74) is 1.91. The van der Waals surface area contributed by atoms with Gasteiger partial charge in [0.25, 0.3) is 0 Å². The normalized spacial score (nSPS) is 15.2. The maximum absolute atomic E-state index is 12.4. The zero-order valence-electron chi connectivity index (χ0n) is 14.7. The van der Waals surface area contributed by atoms with Crippen LogP contribution in [0, 0.1) is 6.92 Å². The van der Waals surface area contributed by atoms with Crippen molar-refractivity contribution in [2.45, 2.75) is 20.0 Å². The smallest absolute Gasteiger partial charge is 0.317 e. The Kier molecular flexibility index (Phi) is 5.55. The van der Waals surface area contributed by atoms with Crippen molar-refractivity contribution in [2.75, 3.05) is 33.3 Å². The van der Waals surface area contributed by atoms with Crippen LogP contribution in [-0.2, 0) is 13.1 Å². The first-order valence-corrected chi connectivity index (χ1v) is 8.45. The lowest BCUT2D eigenvalue weighted by Crippen LogP contribution is -2.51. The Morgan fingerprint density at radius 3 is 2.72 bits per heavy atom. The number of carbonyl (C=O) groups excluding carboxylic acids is 1. The molecule has 1 aliphatic heterocycles. The van der Waals surface area contributed by atoms with Gasteiger partial charge in [0.15, 0.2) is 0 Å². The predicted octanol–water partition coefficient (Wildman–Crippen LogP) is 2.02. The number of methoxy groups -OCH3 is 1. The van der Waals surface area contributed by atoms with Crippen molar-refractivity contribution in [1.82, 2.24) is 20.3 Å². The van der Waals surface area contributed by atoms with E-state index in [0.717, 1.165) is 42.4 Å². The molecule has 7 heteroatoms. The molecule has 1 aromatic heterocycles. The highest BCUT2D eigenvalue weighted by molar-refractivity contribution is 5.74. The first-order chi connectivity index (χ1) is 12.2. The largest absolute Gasteiger partial charge is 0.496 e. The highest BCUT2D eigenvalue weighted by Crippen LogP contribution is 2.17. The van der Waals surface area contributed by atoms with Gasteiger partial charge in [-0.3, -0.25) is 4.90 Å². The van der Waals surface area contributed by atoms with Crippen LogP contribution in [0.25, 0.3) is 0 Å². The van der Waals surface area contributed by atoms with Crippen LogP contribution in [0.1, 0.15) is 17.0 Å². The molecule has 1 N–H and O–H groups in total. The maximum atomic E-state index is 12.4. The van der Waals surface area contributed by atoms with Gasteiger partial charge in [0.2, 0.25) is 0 Å². The Labute approximate surface area is 147 Å². The molecule has 2 aromatic rings. The highest BCUT2D eigenvalue weighted by atomic mass is 16.5. The maximum Gasteiger partial charge on any atom is 0.317 e. The van der Waals surface area contributed by atoms with Crippen LogP contribution in [0.15, 0.2) is 34.9 Å². The molecule has 1 aromatic carbocycles. The lowest BCUT2D eigenvalue weighted by atomic mass is 10.2. The number of hydrogen-bond donors (Lipinski definition) is 1. The molecule has 0 radical (unpaired) electrons. The third-order valence-corrected chi connectivity index (χ3v) is 4.34. The predicted molar refractivity (Wildman–Crippen MR) is 93.3 cm³/mol. The third kappa shape index (κ3) is 4.51. The van der Waals surface area contributed by atoms with Gasteiger partial charge in [-0.1, -0.05) is 23.4 Å². The number of nitrogens with one attached hydrogen (secondary N) is 1. The molecule has 0 bridgehead atoms. The fourth-order valence-electron chi connectivity index (χ4n) is 2.96. The average molecular weight is 344 g/mol. The lowest BCUT2D eigenvalue weighted by molar-refractivity contribution is 0.133. The minimum Gasteiger partial charge on any atom is -0.496 e. The number of urea groups is 1. The van der Waals surface area contributed by atoms with Crippen molar-refractivity contribution in [1.29, 1.82) is 0 Å². The Bertz CT molecular complexity index is 708. The molecule has 0 saturated carbocycles. The molecular formula is C18H24N4O3. The molecule has 2 heterocycles. The number of hydrogen-bond acceptors (Lipinski definition) is 5. The molecule has 0 unspecified atom stereocenters. The summed E-state index contributed by atoms with van der Waals surface area (Å²) in [6, 6.07) is 9.62. The fourth-order valence-corrected chi connectivity index (χ4v) is 2.96. The van der Waals surface area contributed by atoms with Gasteiger partial charge >= 0.3 is 6.03 Å². The molecule has 25 heavy (non-hydrogen) atoms. The van der Waals surface area contributed by atoms with E-state index in [2.05, 4.69) is 15.4 Å². The van der Waals surface area contributed by atoms with E-state index >= 15 is 0 Å². The van der Waals surface area contributed by atoms with Crippen LogP contribution < -0.4 is 10.1 Å². The van der Waals surface area contributed by atoms with E-state index in [9.17, 15) is 4.79 Å². The number of nitrogens with zero attached hydrogens (tertiary/aromatic N) is 3. The van der Waals surface area contributed by atoms with Crippen molar-refractivity contribution < 1.29 is 14.1 Å². The van der Waals surface area contributed by atoms with Crippen molar-refractivity contribution in [3.05, 3.63) is 47.3 Å². The first-order valence-electron chi connectivity index (χ1n) is 8.45. The molecule has 1 fully saturated rings. The summed E-state index contributed by atoms with van der Waals surface area (Å²) in [5, 5.41) is 6.99. The molecule has 134 valence electrons. The Morgan fingerprint density at radius 2 is 2.04 bits per heavy atom. The monoisotopic (exact) mass is 344 g/mol. The summed E-state index contributed by atoms with van der Waals surface area (Å²) in [6.07, 6.45) is 0. The molecule has 7 nitrogen and oxygen atoms in total. The molecule has 2 amide bonds. The van der Waals surface area contributed by atoms with E-state index in [-0.39, 0.29) is 6.03 Å². The second-order valence-electron chi connectivity index (χ2n) is 6.16. The summed E-state index contributed by atoms with van der Waals surface area (Å²) in [5.74, 6) is 1.61. The quantitative estimate of drug-likeness (QED) is 0.898. The van der Waals surface area contributed by atoms with Crippen LogP contribution in [0.4, 0.5) is 4.79 Å². The van der Waals surface area contributed by atoms with Gasteiger partial charge < -0.3 is 19.5 Å². The second-order valence-corrected chi connectivity index (χ2v) is 6.16. The van der Waals surface area contributed by atoms with Gasteiger partial charge in [0.05, 0.1) is 12.8 Å². The number of para-hydroxylation sites is 1. The number of aromatic nitrogens is 1. The van der Waals surface area contributed by atoms with Gasteiger partial charge in [-0.05, 0) is 13.0 Å². The zero-order chi connectivity index (χ0) is 17.6. The summed E-state index contributed by atoms with van der Waals surface area (Å²) >= 11 is 0. The SMILES string of the molecule is COc1ccccc1CNC(=O)N1CCN(Cc2cc(C)on2)CC1. The molecule has 1 aliphatic rings. The van der Waals surface area contributed by atoms with Crippen molar-refractivity contribution in [3.8, 4) is 5.75 Å². The summed E-state index contributed by atoms with van der Waals surface area (Å²) in [4.78, 5) is 16.5. The summed E-state index contributed by atoms with van der Waals surface area (Å²) < 4.78 is 10.4. The van der Waals surface area contributed by atoms with Gasteiger partial charge in [-0.25, -0.2) is 4.79 Å². The highest BCUT2D eigenvalue weighted by Gasteiger charge is 2.21. The van der Waals surface area contributed by atoms with Crippen LogP contribution in [0.3, 0.4) is 0 Å². The molecule has 0 aliphatic carbocycles. The number of amides is 2. The molecular weight excluding hydrogens is 320 g/mol. The van der Waals surface area contributed by atoms with Crippen molar-refractivity contribution >= 4 is 6.03 Å². The van der Waals surface area contributed by atoms with Crippen LogP contribution in [0.5, 0.6) is 5.75 Å². The number of ether oxygens (including phenoxy) is 1. The average Bonchev–Trinajstić information content (AvgIpc) is 3.05. The Hall–Kier alpha value is -2.54. The van der Waals surface area contributed by atoms with Crippen LogP contribution in [0.2, 0.25) is 0 Å². The van der Waals surface area contributed by atoms with Crippen molar-refractivity contribution in [3.63, 3.8) is 0 Å². The Morgan fingerprint density at radius 1 is 1.28 bits per heavy atom.